The third-order valence-corrected chi connectivity index (χ3v) is 4.26. The average molecular weight is 259 g/mol. The smallest absolute Gasteiger partial charge is 0.253 e. The van der Waals surface area contributed by atoms with Crippen molar-refractivity contribution in [2.75, 3.05) is 13.1 Å². The van der Waals surface area contributed by atoms with E-state index < -0.39 is 0 Å². The highest BCUT2D eigenvalue weighted by Gasteiger charge is 2.18. The maximum Gasteiger partial charge on any atom is 0.253 e. The second-order valence-electron chi connectivity index (χ2n) is 5.49. The summed E-state index contributed by atoms with van der Waals surface area (Å²) in [6.07, 6.45) is 5.89. The van der Waals surface area contributed by atoms with E-state index in [1.165, 1.54) is 12.0 Å². The molecule has 2 heteroatoms. The van der Waals surface area contributed by atoms with E-state index in [0.29, 0.717) is 5.92 Å². The summed E-state index contributed by atoms with van der Waals surface area (Å²) in [7, 11) is 0. The summed E-state index contributed by atoms with van der Waals surface area (Å²) in [5, 5.41) is 0. The van der Waals surface area contributed by atoms with E-state index in [-0.39, 0.29) is 5.91 Å². The lowest BCUT2D eigenvalue weighted by Gasteiger charge is -2.26. The molecule has 0 aromatic heterocycles. The number of rotatable bonds is 4. The average Bonchev–Trinajstić information content (AvgIpc) is 2.49. The van der Waals surface area contributed by atoms with Crippen LogP contribution in [0, 0.1) is 0 Å². The summed E-state index contributed by atoms with van der Waals surface area (Å²) in [5.41, 5.74) is 2.21. The van der Waals surface area contributed by atoms with E-state index in [9.17, 15) is 4.79 Å². The van der Waals surface area contributed by atoms with Gasteiger partial charge in [-0.05, 0) is 55.7 Å². The van der Waals surface area contributed by atoms with Crippen molar-refractivity contribution in [2.24, 2.45) is 0 Å². The number of likely N-dealkylation sites (tertiary alicyclic amines) is 1. The van der Waals surface area contributed by atoms with E-state index >= 15 is 0 Å². The molecule has 1 aromatic carbocycles. The molecule has 1 aliphatic heterocycles. The number of nitrogens with zero attached hydrogens (tertiary/aromatic N) is 1. The molecule has 0 saturated carbocycles. The monoisotopic (exact) mass is 259 g/mol. The highest BCUT2D eigenvalue weighted by Crippen LogP contribution is 2.23. The van der Waals surface area contributed by atoms with Crippen LogP contribution in [0.1, 0.15) is 67.8 Å². The van der Waals surface area contributed by atoms with Gasteiger partial charge < -0.3 is 4.90 Å². The predicted molar refractivity (Wildman–Crippen MR) is 79.5 cm³/mol. The molecule has 2 rings (SSSR count). The molecule has 0 aliphatic carbocycles. The van der Waals surface area contributed by atoms with Crippen LogP contribution in [0.25, 0.3) is 0 Å². The quantitative estimate of drug-likeness (QED) is 0.793. The highest BCUT2D eigenvalue weighted by molar-refractivity contribution is 5.94. The van der Waals surface area contributed by atoms with Gasteiger partial charge in [-0.15, -0.1) is 0 Å². The molecule has 0 unspecified atom stereocenters. The van der Waals surface area contributed by atoms with Crippen molar-refractivity contribution in [3.05, 3.63) is 35.4 Å². The first-order valence-corrected chi connectivity index (χ1v) is 7.65. The predicted octanol–water partition coefficient (Wildman–Crippen LogP) is 4.22. The van der Waals surface area contributed by atoms with Gasteiger partial charge in [0.1, 0.15) is 0 Å². The Labute approximate surface area is 116 Å². The van der Waals surface area contributed by atoms with Gasteiger partial charge in [-0.1, -0.05) is 26.0 Å². The van der Waals surface area contributed by atoms with Gasteiger partial charge in [-0.2, -0.15) is 0 Å². The van der Waals surface area contributed by atoms with Crippen molar-refractivity contribution in [1.82, 2.24) is 4.90 Å². The molecule has 1 aromatic rings. The van der Waals surface area contributed by atoms with E-state index in [1.54, 1.807) is 0 Å². The first kappa shape index (κ1) is 14.1. The molecule has 104 valence electrons. The lowest BCUT2D eigenvalue weighted by Crippen LogP contribution is -2.35. The van der Waals surface area contributed by atoms with Crippen molar-refractivity contribution in [1.29, 1.82) is 0 Å². The molecule has 19 heavy (non-hydrogen) atoms. The third-order valence-electron chi connectivity index (χ3n) is 4.26. The number of carbonyl (C=O) groups excluding carboxylic acids is 1. The van der Waals surface area contributed by atoms with Crippen molar-refractivity contribution in [3.63, 3.8) is 0 Å². The van der Waals surface area contributed by atoms with Crippen LogP contribution >= 0.6 is 0 Å². The second kappa shape index (κ2) is 6.74. The first-order chi connectivity index (χ1) is 9.26. The Morgan fingerprint density at radius 2 is 1.63 bits per heavy atom. The van der Waals surface area contributed by atoms with Gasteiger partial charge in [0.05, 0.1) is 0 Å². The minimum Gasteiger partial charge on any atom is -0.339 e. The molecule has 1 fully saturated rings. The normalized spacial score (nSPS) is 15.8. The Balaban J connectivity index is 2.06. The standard InChI is InChI=1S/C17H25NO/c1-3-14(4-2)15-8-10-16(11-9-15)17(19)18-12-6-5-7-13-18/h8-11,14H,3-7,12-13H2,1-2H3. The van der Waals surface area contributed by atoms with Crippen molar-refractivity contribution < 1.29 is 4.79 Å². The van der Waals surface area contributed by atoms with Crippen molar-refractivity contribution >= 4 is 5.91 Å². The van der Waals surface area contributed by atoms with Crippen LogP contribution in [0.15, 0.2) is 24.3 Å². The maximum absolute atomic E-state index is 12.3. The lowest BCUT2D eigenvalue weighted by atomic mass is 9.93. The molecule has 0 bridgehead atoms. The third kappa shape index (κ3) is 3.37. The summed E-state index contributed by atoms with van der Waals surface area (Å²) in [6.45, 7) is 6.29. The topological polar surface area (TPSA) is 20.3 Å². The zero-order valence-corrected chi connectivity index (χ0v) is 12.2. The Bertz CT molecular complexity index is 400. The van der Waals surface area contributed by atoms with Gasteiger partial charge in [-0.25, -0.2) is 0 Å². The van der Waals surface area contributed by atoms with Crippen molar-refractivity contribution in [2.45, 2.75) is 51.9 Å². The molecule has 1 amide bonds. The van der Waals surface area contributed by atoms with Gasteiger partial charge in [0.2, 0.25) is 0 Å². The van der Waals surface area contributed by atoms with Crippen LogP contribution in [0.2, 0.25) is 0 Å². The van der Waals surface area contributed by atoms with Gasteiger partial charge >= 0.3 is 0 Å². The van der Waals surface area contributed by atoms with Crippen molar-refractivity contribution in [3.8, 4) is 0 Å². The largest absolute Gasteiger partial charge is 0.339 e. The fourth-order valence-electron chi connectivity index (χ4n) is 2.94. The minimum absolute atomic E-state index is 0.204. The molecule has 2 nitrogen and oxygen atoms in total. The molecule has 0 spiro atoms. The number of carbonyl (C=O) groups is 1. The Kier molecular flexibility index (Phi) is 5.00. The zero-order valence-electron chi connectivity index (χ0n) is 12.2. The fourth-order valence-corrected chi connectivity index (χ4v) is 2.94. The van der Waals surface area contributed by atoms with Gasteiger partial charge in [-0.3, -0.25) is 4.79 Å². The summed E-state index contributed by atoms with van der Waals surface area (Å²) in [4.78, 5) is 14.3. The number of benzene rings is 1. The molecular formula is C17H25NO. The molecule has 1 saturated heterocycles. The van der Waals surface area contributed by atoms with Crippen LogP contribution in [0.5, 0.6) is 0 Å². The van der Waals surface area contributed by atoms with E-state index in [0.717, 1.165) is 44.3 Å². The van der Waals surface area contributed by atoms with Crippen LogP contribution in [-0.2, 0) is 0 Å². The van der Waals surface area contributed by atoms with Crippen LogP contribution in [0.4, 0.5) is 0 Å². The Hall–Kier alpha value is -1.31. The first-order valence-electron chi connectivity index (χ1n) is 7.65. The lowest BCUT2D eigenvalue weighted by molar-refractivity contribution is 0.0724. The molecule has 1 heterocycles. The molecule has 0 radical (unpaired) electrons. The number of hydrogen-bond acceptors (Lipinski definition) is 1. The van der Waals surface area contributed by atoms with E-state index in [2.05, 4.69) is 26.0 Å². The summed E-state index contributed by atoms with van der Waals surface area (Å²) >= 11 is 0. The van der Waals surface area contributed by atoms with Gasteiger partial charge in [0, 0.05) is 18.7 Å². The maximum atomic E-state index is 12.3. The summed E-state index contributed by atoms with van der Waals surface area (Å²) in [5.74, 6) is 0.829. The van der Waals surface area contributed by atoms with Crippen LogP contribution < -0.4 is 0 Å². The Morgan fingerprint density at radius 1 is 1.05 bits per heavy atom. The molecule has 0 atom stereocenters. The zero-order chi connectivity index (χ0) is 13.7. The molecule has 1 aliphatic rings. The number of amides is 1. The number of piperidine rings is 1. The van der Waals surface area contributed by atoms with E-state index in [4.69, 9.17) is 0 Å². The second-order valence-corrected chi connectivity index (χ2v) is 5.49. The number of hydrogen-bond donors (Lipinski definition) is 0. The van der Waals surface area contributed by atoms with Gasteiger partial charge in [0.15, 0.2) is 0 Å². The SMILES string of the molecule is CCC(CC)c1ccc(C(=O)N2CCCCC2)cc1. The van der Waals surface area contributed by atoms with Crippen LogP contribution in [-0.4, -0.2) is 23.9 Å². The Morgan fingerprint density at radius 3 is 2.16 bits per heavy atom. The summed E-state index contributed by atoms with van der Waals surface area (Å²) in [6, 6.07) is 8.28. The van der Waals surface area contributed by atoms with Gasteiger partial charge in [0.25, 0.3) is 5.91 Å². The minimum atomic E-state index is 0.204. The highest BCUT2D eigenvalue weighted by atomic mass is 16.2. The fraction of sp³-hybridized carbons (Fsp3) is 0.588. The van der Waals surface area contributed by atoms with E-state index in [1.807, 2.05) is 17.0 Å². The molecular weight excluding hydrogens is 234 g/mol. The summed E-state index contributed by atoms with van der Waals surface area (Å²) < 4.78 is 0. The molecule has 0 N–H and O–H groups in total. The van der Waals surface area contributed by atoms with Crippen LogP contribution in [0.3, 0.4) is 0 Å².